The number of hydrogen-bond donors (Lipinski definition) is 2. The van der Waals surface area contributed by atoms with Gasteiger partial charge >= 0.3 is 0 Å². The third-order valence-electron chi connectivity index (χ3n) is 2.54. The first-order chi connectivity index (χ1) is 8.88. The van der Waals surface area contributed by atoms with E-state index in [1.807, 2.05) is 6.92 Å². The molecule has 0 bridgehead atoms. The third kappa shape index (κ3) is 3.52. The van der Waals surface area contributed by atoms with E-state index >= 15 is 0 Å². The van der Waals surface area contributed by atoms with Crippen LogP contribution in [-0.4, -0.2) is 8.42 Å². The van der Waals surface area contributed by atoms with Crippen LogP contribution >= 0.6 is 28.6 Å². The minimum absolute atomic E-state index is 0.230. The van der Waals surface area contributed by atoms with Crippen LogP contribution in [0, 0.1) is 6.92 Å². The normalized spacial score (nSPS) is 11.3. The molecule has 0 saturated carbocycles. The Morgan fingerprint density at radius 3 is 2.32 bits per heavy atom. The van der Waals surface area contributed by atoms with Crippen LogP contribution in [-0.2, 0) is 10.0 Å². The summed E-state index contributed by atoms with van der Waals surface area (Å²) in [4.78, 5) is 0.791. The van der Waals surface area contributed by atoms with E-state index in [-0.39, 0.29) is 4.90 Å². The van der Waals surface area contributed by atoms with E-state index in [2.05, 4.69) is 33.3 Å². The average Bonchev–Trinajstić information content (AvgIpc) is 2.33. The minimum atomic E-state index is -3.58. The van der Waals surface area contributed by atoms with Crippen molar-refractivity contribution in [2.75, 3.05) is 4.72 Å². The van der Waals surface area contributed by atoms with Gasteiger partial charge in [0, 0.05) is 9.37 Å². The first kappa shape index (κ1) is 14.4. The van der Waals surface area contributed by atoms with Crippen LogP contribution in [0.3, 0.4) is 0 Å². The molecular weight excluding hydrogens is 346 g/mol. The van der Waals surface area contributed by atoms with Crippen molar-refractivity contribution in [1.29, 1.82) is 0 Å². The Labute approximate surface area is 126 Å². The molecule has 0 unspecified atom stereocenters. The van der Waals surface area contributed by atoms with Gasteiger partial charge < -0.3 is 0 Å². The first-order valence-corrected chi connectivity index (χ1v) is 8.19. The van der Waals surface area contributed by atoms with Crippen LogP contribution in [0.4, 0.5) is 5.69 Å². The monoisotopic (exact) mass is 357 g/mol. The van der Waals surface area contributed by atoms with Gasteiger partial charge in [0.15, 0.2) is 0 Å². The van der Waals surface area contributed by atoms with Crippen LogP contribution in [0.25, 0.3) is 0 Å². The SMILES string of the molecule is Cc1ccc(S(=O)(=O)Nc2ccc(Br)cc2S)cc1. The van der Waals surface area contributed by atoms with E-state index in [4.69, 9.17) is 0 Å². The fourth-order valence-corrected chi connectivity index (χ4v) is 3.48. The van der Waals surface area contributed by atoms with E-state index in [1.54, 1.807) is 42.5 Å². The lowest BCUT2D eigenvalue weighted by molar-refractivity contribution is 0.601. The van der Waals surface area contributed by atoms with E-state index in [0.717, 1.165) is 10.0 Å². The summed E-state index contributed by atoms with van der Waals surface area (Å²) in [6.07, 6.45) is 0. The lowest BCUT2D eigenvalue weighted by Crippen LogP contribution is -2.13. The zero-order valence-corrected chi connectivity index (χ0v) is 13.4. The highest BCUT2D eigenvalue weighted by Crippen LogP contribution is 2.26. The molecule has 0 aliphatic carbocycles. The maximum Gasteiger partial charge on any atom is 0.261 e. The van der Waals surface area contributed by atoms with Crippen molar-refractivity contribution in [3.63, 3.8) is 0 Å². The molecule has 100 valence electrons. The molecule has 0 saturated heterocycles. The van der Waals surface area contributed by atoms with Gasteiger partial charge in [-0.25, -0.2) is 8.42 Å². The Balaban J connectivity index is 2.33. The van der Waals surface area contributed by atoms with Gasteiger partial charge in [-0.3, -0.25) is 4.72 Å². The van der Waals surface area contributed by atoms with Crippen molar-refractivity contribution < 1.29 is 8.42 Å². The molecule has 6 heteroatoms. The fraction of sp³-hybridized carbons (Fsp3) is 0.0769. The minimum Gasteiger partial charge on any atom is -0.279 e. The van der Waals surface area contributed by atoms with Gasteiger partial charge in [0.05, 0.1) is 10.6 Å². The number of nitrogens with one attached hydrogen (secondary N) is 1. The summed E-state index contributed by atoms with van der Waals surface area (Å²) < 4.78 is 27.8. The Bertz CT molecular complexity index is 697. The van der Waals surface area contributed by atoms with Crippen molar-refractivity contribution >= 4 is 44.3 Å². The number of rotatable bonds is 3. The summed E-state index contributed by atoms with van der Waals surface area (Å²) in [5, 5.41) is 0. The molecule has 0 radical (unpaired) electrons. The largest absolute Gasteiger partial charge is 0.279 e. The van der Waals surface area contributed by atoms with E-state index in [9.17, 15) is 8.42 Å². The summed E-state index contributed by atoms with van der Waals surface area (Å²) >= 11 is 7.55. The Morgan fingerprint density at radius 1 is 1.11 bits per heavy atom. The second-order valence-electron chi connectivity index (χ2n) is 4.08. The molecule has 0 heterocycles. The predicted molar refractivity (Wildman–Crippen MR) is 83.4 cm³/mol. The molecule has 0 aromatic heterocycles. The van der Waals surface area contributed by atoms with Crippen LogP contribution in [0.1, 0.15) is 5.56 Å². The van der Waals surface area contributed by atoms with Gasteiger partial charge in [0.25, 0.3) is 10.0 Å². The summed E-state index contributed by atoms with van der Waals surface area (Å²) in [5.74, 6) is 0. The van der Waals surface area contributed by atoms with Crippen molar-refractivity contribution in [2.24, 2.45) is 0 Å². The number of sulfonamides is 1. The molecule has 2 aromatic rings. The smallest absolute Gasteiger partial charge is 0.261 e. The quantitative estimate of drug-likeness (QED) is 0.819. The van der Waals surface area contributed by atoms with Gasteiger partial charge in [-0.15, -0.1) is 12.6 Å². The number of aryl methyl sites for hydroxylation is 1. The number of hydrogen-bond acceptors (Lipinski definition) is 3. The van der Waals surface area contributed by atoms with Gasteiger partial charge in [-0.2, -0.15) is 0 Å². The summed E-state index contributed by atoms with van der Waals surface area (Å²) in [6.45, 7) is 1.91. The Kier molecular flexibility index (Phi) is 4.23. The van der Waals surface area contributed by atoms with Crippen LogP contribution in [0.2, 0.25) is 0 Å². The number of thiol groups is 1. The van der Waals surface area contributed by atoms with Crippen LogP contribution < -0.4 is 4.72 Å². The van der Waals surface area contributed by atoms with Gasteiger partial charge in [-0.1, -0.05) is 33.6 Å². The second kappa shape index (κ2) is 5.56. The molecule has 0 atom stereocenters. The predicted octanol–water partition coefficient (Wildman–Crippen LogP) is 3.85. The van der Waals surface area contributed by atoms with Crippen molar-refractivity contribution in [1.82, 2.24) is 0 Å². The highest BCUT2D eigenvalue weighted by molar-refractivity contribution is 9.10. The molecule has 1 N–H and O–H groups in total. The lowest BCUT2D eigenvalue weighted by Gasteiger charge is -2.10. The van der Waals surface area contributed by atoms with Crippen molar-refractivity contribution in [3.8, 4) is 0 Å². The molecule has 3 nitrogen and oxygen atoms in total. The molecule has 0 amide bonds. The molecule has 2 aromatic carbocycles. The maximum atomic E-state index is 12.2. The Morgan fingerprint density at radius 2 is 1.74 bits per heavy atom. The molecule has 19 heavy (non-hydrogen) atoms. The first-order valence-electron chi connectivity index (χ1n) is 5.46. The molecule has 2 rings (SSSR count). The van der Waals surface area contributed by atoms with Gasteiger partial charge in [-0.05, 0) is 37.3 Å². The number of benzene rings is 2. The molecule has 0 aliphatic rings. The average molecular weight is 358 g/mol. The molecule has 0 aliphatic heterocycles. The topological polar surface area (TPSA) is 46.2 Å². The van der Waals surface area contributed by atoms with E-state index in [1.165, 1.54) is 0 Å². The summed E-state index contributed by atoms with van der Waals surface area (Å²) in [7, 11) is -3.58. The molecule has 0 fully saturated rings. The fourth-order valence-electron chi connectivity index (χ4n) is 1.51. The highest BCUT2D eigenvalue weighted by Gasteiger charge is 2.15. The third-order valence-corrected chi connectivity index (χ3v) is 4.78. The highest BCUT2D eigenvalue weighted by atomic mass is 79.9. The summed E-state index contributed by atoms with van der Waals surface area (Å²) in [6, 6.07) is 11.8. The van der Waals surface area contributed by atoms with Crippen molar-refractivity contribution in [3.05, 3.63) is 52.5 Å². The van der Waals surface area contributed by atoms with Gasteiger partial charge in [0.2, 0.25) is 0 Å². The Hall–Kier alpha value is -0.980. The van der Waals surface area contributed by atoms with Gasteiger partial charge in [0.1, 0.15) is 0 Å². The molecular formula is C13H12BrNO2S2. The second-order valence-corrected chi connectivity index (χ2v) is 7.16. The molecule has 0 spiro atoms. The zero-order valence-electron chi connectivity index (χ0n) is 10.1. The summed E-state index contributed by atoms with van der Waals surface area (Å²) in [5.41, 5.74) is 1.46. The number of halogens is 1. The van der Waals surface area contributed by atoms with E-state index < -0.39 is 10.0 Å². The number of anilines is 1. The van der Waals surface area contributed by atoms with Crippen LogP contribution in [0.5, 0.6) is 0 Å². The standard InChI is InChI=1S/C13H12BrNO2S2/c1-9-2-5-11(6-3-9)19(16,17)15-12-7-4-10(14)8-13(12)18/h2-8,15,18H,1H3. The lowest BCUT2D eigenvalue weighted by atomic mass is 10.2. The van der Waals surface area contributed by atoms with E-state index in [0.29, 0.717) is 10.6 Å². The van der Waals surface area contributed by atoms with Crippen molar-refractivity contribution in [2.45, 2.75) is 16.7 Å². The maximum absolute atomic E-state index is 12.2. The zero-order chi connectivity index (χ0) is 14.0. The van der Waals surface area contributed by atoms with Crippen LogP contribution in [0.15, 0.2) is 56.7 Å².